The van der Waals surface area contributed by atoms with Gasteiger partial charge in [-0.1, -0.05) is 57.6 Å². The maximum absolute atomic E-state index is 13.2. The predicted octanol–water partition coefficient (Wildman–Crippen LogP) is 8.17. The second-order valence-corrected chi connectivity index (χ2v) is 9.03. The van der Waals surface area contributed by atoms with Crippen molar-refractivity contribution in [3.05, 3.63) is 41.5 Å². The van der Waals surface area contributed by atoms with Crippen molar-refractivity contribution in [2.24, 2.45) is 23.7 Å². The number of allylic oxidation sites excluding steroid dienone is 1. The van der Waals surface area contributed by atoms with Gasteiger partial charge in [0.15, 0.2) is 0 Å². The third-order valence-corrected chi connectivity index (χ3v) is 7.08. The Kier molecular flexibility index (Phi) is 7.91. The Morgan fingerprint density at radius 2 is 1.30 bits per heavy atom. The lowest BCUT2D eigenvalue weighted by Gasteiger charge is -2.38. The van der Waals surface area contributed by atoms with Crippen molar-refractivity contribution in [1.29, 1.82) is 0 Å². The van der Waals surface area contributed by atoms with Gasteiger partial charge in [0, 0.05) is 6.07 Å². The van der Waals surface area contributed by atoms with Gasteiger partial charge in [0.1, 0.15) is 11.6 Å². The zero-order chi connectivity index (χ0) is 19.1. The summed E-state index contributed by atoms with van der Waals surface area (Å²) in [5.74, 6) is 2.83. The minimum atomic E-state index is -0.503. The highest BCUT2D eigenvalue weighted by Crippen LogP contribution is 2.42. The Bertz CT molecular complexity index is 570. The number of hydrogen-bond acceptors (Lipinski definition) is 0. The van der Waals surface area contributed by atoms with Crippen LogP contribution < -0.4 is 0 Å². The minimum Gasteiger partial charge on any atom is -0.207 e. The molecule has 1 aromatic carbocycles. The molecule has 2 heteroatoms. The molecule has 0 aliphatic heterocycles. The fraction of sp³-hybridized carbons (Fsp3) is 0.680. The Balaban J connectivity index is 1.34. The highest BCUT2D eigenvalue weighted by Gasteiger charge is 2.30. The summed E-state index contributed by atoms with van der Waals surface area (Å²) >= 11 is 0. The minimum absolute atomic E-state index is 0.503. The Morgan fingerprint density at radius 3 is 1.81 bits per heavy atom. The average molecular weight is 375 g/mol. The average Bonchev–Trinajstić information content (AvgIpc) is 2.66. The zero-order valence-electron chi connectivity index (χ0n) is 16.9. The molecule has 0 unspecified atom stereocenters. The van der Waals surface area contributed by atoms with Crippen molar-refractivity contribution in [1.82, 2.24) is 0 Å². The lowest BCUT2D eigenvalue weighted by molar-refractivity contribution is 0.141. The number of benzene rings is 1. The molecule has 2 fully saturated rings. The maximum Gasteiger partial charge on any atom is 0.126 e. The summed E-state index contributed by atoms with van der Waals surface area (Å²) in [4.78, 5) is 0. The van der Waals surface area contributed by atoms with Gasteiger partial charge in [-0.3, -0.25) is 0 Å². The van der Waals surface area contributed by atoms with Gasteiger partial charge < -0.3 is 0 Å². The number of rotatable bonds is 7. The van der Waals surface area contributed by atoms with Gasteiger partial charge in [-0.15, -0.1) is 0 Å². The van der Waals surface area contributed by atoms with Crippen molar-refractivity contribution < 1.29 is 8.78 Å². The van der Waals surface area contributed by atoms with Gasteiger partial charge >= 0.3 is 0 Å². The number of halogens is 2. The SMILES string of the molecule is CCC[C@H]1CC[C@H](C2CCC(CCC=Cc3cc(F)cc(F)c3)CC2)CC1. The summed E-state index contributed by atoms with van der Waals surface area (Å²) in [5.41, 5.74) is 0.620. The predicted molar refractivity (Wildman–Crippen MR) is 110 cm³/mol. The zero-order valence-corrected chi connectivity index (χ0v) is 16.9. The van der Waals surface area contributed by atoms with Gasteiger partial charge in [0.25, 0.3) is 0 Å². The van der Waals surface area contributed by atoms with E-state index in [1.807, 2.05) is 6.08 Å². The molecule has 0 radical (unpaired) electrons. The first-order valence-electron chi connectivity index (χ1n) is 11.3. The van der Waals surface area contributed by atoms with E-state index in [4.69, 9.17) is 0 Å². The van der Waals surface area contributed by atoms with Gasteiger partial charge in [0.05, 0.1) is 0 Å². The van der Waals surface area contributed by atoms with Gasteiger partial charge in [0.2, 0.25) is 0 Å². The van der Waals surface area contributed by atoms with Crippen LogP contribution in [0.1, 0.15) is 89.5 Å². The molecule has 1 aromatic rings. The van der Waals surface area contributed by atoms with Crippen LogP contribution in [0, 0.1) is 35.3 Å². The van der Waals surface area contributed by atoms with Crippen molar-refractivity contribution >= 4 is 6.08 Å². The van der Waals surface area contributed by atoms with Crippen LogP contribution >= 0.6 is 0 Å². The Morgan fingerprint density at radius 1 is 0.778 bits per heavy atom. The highest BCUT2D eigenvalue weighted by molar-refractivity contribution is 5.49. The lowest BCUT2D eigenvalue weighted by atomic mass is 9.68. The van der Waals surface area contributed by atoms with Crippen LogP contribution in [-0.4, -0.2) is 0 Å². The van der Waals surface area contributed by atoms with E-state index in [1.165, 1.54) is 82.8 Å². The molecule has 0 atom stereocenters. The molecule has 0 N–H and O–H groups in total. The highest BCUT2D eigenvalue weighted by atomic mass is 19.1. The Labute approximate surface area is 164 Å². The van der Waals surface area contributed by atoms with Gasteiger partial charge in [-0.25, -0.2) is 8.78 Å². The summed E-state index contributed by atoms with van der Waals surface area (Å²) in [6.45, 7) is 2.32. The topological polar surface area (TPSA) is 0 Å². The first-order valence-corrected chi connectivity index (χ1v) is 11.3. The molecule has 2 aliphatic rings. The van der Waals surface area contributed by atoms with Crippen molar-refractivity contribution in [3.8, 4) is 0 Å². The second-order valence-electron chi connectivity index (χ2n) is 9.03. The van der Waals surface area contributed by atoms with Crippen LogP contribution in [0.25, 0.3) is 6.08 Å². The molecule has 0 heterocycles. The molecule has 2 saturated carbocycles. The summed E-state index contributed by atoms with van der Waals surface area (Å²) in [6.07, 6.45) is 20.5. The van der Waals surface area contributed by atoms with Crippen molar-refractivity contribution in [3.63, 3.8) is 0 Å². The quantitative estimate of drug-likeness (QED) is 0.451. The summed E-state index contributed by atoms with van der Waals surface area (Å²) in [6, 6.07) is 3.70. The summed E-state index contributed by atoms with van der Waals surface area (Å²) in [5, 5.41) is 0. The normalized spacial score (nSPS) is 29.3. The Hall–Kier alpha value is -1.18. The van der Waals surface area contributed by atoms with Crippen LogP contribution in [0.5, 0.6) is 0 Å². The number of hydrogen-bond donors (Lipinski definition) is 0. The molecule has 27 heavy (non-hydrogen) atoms. The molecule has 150 valence electrons. The molecule has 0 amide bonds. The fourth-order valence-electron chi connectivity index (χ4n) is 5.53. The smallest absolute Gasteiger partial charge is 0.126 e. The first kappa shape index (κ1) is 20.6. The first-order chi connectivity index (χ1) is 13.1. The van der Waals surface area contributed by atoms with Crippen LogP contribution in [0.4, 0.5) is 8.78 Å². The van der Waals surface area contributed by atoms with Crippen LogP contribution in [-0.2, 0) is 0 Å². The van der Waals surface area contributed by atoms with Crippen LogP contribution in [0.15, 0.2) is 24.3 Å². The summed E-state index contributed by atoms with van der Waals surface area (Å²) < 4.78 is 26.4. The largest absolute Gasteiger partial charge is 0.207 e. The third-order valence-electron chi connectivity index (χ3n) is 7.08. The monoisotopic (exact) mass is 374 g/mol. The lowest BCUT2D eigenvalue weighted by Crippen LogP contribution is -2.25. The molecular weight excluding hydrogens is 338 g/mol. The molecule has 0 bridgehead atoms. The van der Waals surface area contributed by atoms with Crippen molar-refractivity contribution in [2.75, 3.05) is 0 Å². The van der Waals surface area contributed by atoms with E-state index < -0.39 is 11.6 Å². The van der Waals surface area contributed by atoms with E-state index in [9.17, 15) is 8.78 Å². The maximum atomic E-state index is 13.2. The van der Waals surface area contributed by atoms with E-state index in [-0.39, 0.29) is 0 Å². The molecule has 2 aliphatic carbocycles. The van der Waals surface area contributed by atoms with E-state index in [0.717, 1.165) is 36.2 Å². The second kappa shape index (κ2) is 10.4. The van der Waals surface area contributed by atoms with E-state index in [0.29, 0.717) is 5.56 Å². The molecular formula is C25H36F2. The van der Waals surface area contributed by atoms with Crippen LogP contribution in [0.3, 0.4) is 0 Å². The third kappa shape index (κ3) is 6.43. The molecule has 0 saturated heterocycles. The molecule has 0 aromatic heterocycles. The van der Waals surface area contributed by atoms with Gasteiger partial charge in [-0.05, 0) is 79.9 Å². The summed E-state index contributed by atoms with van der Waals surface area (Å²) in [7, 11) is 0. The van der Waals surface area contributed by atoms with E-state index >= 15 is 0 Å². The van der Waals surface area contributed by atoms with Crippen LogP contribution in [0.2, 0.25) is 0 Å². The van der Waals surface area contributed by atoms with E-state index in [1.54, 1.807) is 0 Å². The molecule has 3 rings (SSSR count). The standard InChI is InChI=1S/C25H36F2/c1-2-5-19-8-12-22(13-9-19)23-14-10-20(11-15-23)6-3-4-7-21-16-24(26)18-25(27)17-21/h4,7,16-20,22-23H,2-3,5-6,8-15H2,1H3/t19-,20?,22-,23?. The van der Waals surface area contributed by atoms with E-state index in [2.05, 4.69) is 13.0 Å². The fourth-order valence-corrected chi connectivity index (χ4v) is 5.53. The molecule has 0 spiro atoms. The van der Waals surface area contributed by atoms with Gasteiger partial charge in [-0.2, -0.15) is 0 Å². The molecule has 0 nitrogen and oxygen atoms in total. The van der Waals surface area contributed by atoms with Crippen molar-refractivity contribution in [2.45, 2.75) is 84.0 Å².